The molecule has 1 heteroatoms. The number of rotatable bonds is 7. The molecule has 11 rings (SSSR count). The minimum atomic E-state index is -0.493. The Balaban J connectivity index is 1.08. The molecule has 2 aliphatic carbocycles. The third kappa shape index (κ3) is 5.46. The molecule has 0 amide bonds. The molecule has 0 unspecified atom stereocenters. The zero-order chi connectivity index (χ0) is 39.6. The van der Waals surface area contributed by atoms with Crippen molar-refractivity contribution in [2.45, 2.75) is 24.7 Å². The van der Waals surface area contributed by atoms with E-state index in [-0.39, 0.29) is 5.41 Å². The van der Waals surface area contributed by atoms with Crippen molar-refractivity contribution < 1.29 is 0 Å². The first-order valence-electron chi connectivity index (χ1n) is 20.7. The highest BCUT2D eigenvalue weighted by atomic mass is 15.1. The van der Waals surface area contributed by atoms with Crippen LogP contribution in [0.3, 0.4) is 0 Å². The van der Waals surface area contributed by atoms with Gasteiger partial charge in [-0.2, -0.15) is 0 Å². The van der Waals surface area contributed by atoms with Gasteiger partial charge in [-0.15, -0.1) is 0 Å². The van der Waals surface area contributed by atoms with Crippen molar-refractivity contribution in [2.75, 3.05) is 4.90 Å². The lowest BCUT2D eigenvalue weighted by molar-refractivity contribution is 0.660. The summed E-state index contributed by atoms with van der Waals surface area (Å²) in [5.74, 6) is 0. The molecular weight excluding hydrogens is 711 g/mol. The van der Waals surface area contributed by atoms with E-state index < -0.39 is 5.41 Å². The Morgan fingerprint density at radius 1 is 0.288 bits per heavy atom. The van der Waals surface area contributed by atoms with Crippen LogP contribution in [0.2, 0.25) is 0 Å². The maximum absolute atomic E-state index is 2.46. The molecule has 59 heavy (non-hydrogen) atoms. The summed E-state index contributed by atoms with van der Waals surface area (Å²) < 4.78 is 0. The summed E-state index contributed by atoms with van der Waals surface area (Å²) in [6.45, 7) is 4.71. The first kappa shape index (κ1) is 35.0. The molecule has 9 aromatic rings. The minimum absolute atomic E-state index is 0.0512. The van der Waals surface area contributed by atoms with Gasteiger partial charge in [0.2, 0.25) is 0 Å². The van der Waals surface area contributed by atoms with Gasteiger partial charge in [-0.1, -0.05) is 196 Å². The fourth-order valence-electron chi connectivity index (χ4n) is 10.2. The fourth-order valence-corrected chi connectivity index (χ4v) is 10.2. The van der Waals surface area contributed by atoms with Gasteiger partial charge in [0.1, 0.15) is 0 Å². The molecule has 9 aromatic carbocycles. The molecule has 0 saturated heterocycles. The van der Waals surface area contributed by atoms with Gasteiger partial charge in [-0.25, -0.2) is 0 Å². The van der Waals surface area contributed by atoms with Gasteiger partial charge in [0.25, 0.3) is 0 Å². The van der Waals surface area contributed by atoms with E-state index in [2.05, 4.69) is 243 Å². The van der Waals surface area contributed by atoms with Crippen molar-refractivity contribution in [1.82, 2.24) is 0 Å². The second-order valence-corrected chi connectivity index (χ2v) is 16.5. The van der Waals surface area contributed by atoms with Crippen LogP contribution in [0.15, 0.2) is 224 Å². The summed E-state index contributed by atoms with van der Waals surface area (Å²) in [4.78, 5) is 2.43. The number of benzene rings is 9. The molecule has 280 valence electrons. The molecule has 0 aliphatic heterocycles. The summed E-state index contributed by atoms with van der Waals surface area (Å²) in [6.07, 6.45) is 0. The van der Waals surface area contributed by atoms with Crippen molar-refractivity contribution >= 4 is 17.1 Å². The molecule has 1 nitrogen and oxygen atoms in total. The molecule has 0 radical (unpaired) electrons. The molecule has 0 atom stereocenters. The van der Waals surface area contributed by atoms with E-state index in [1.807, 2.05) is 0 Å². The Morgan fingerprint density at radius 3 is 1.44 bits per heavy atom. The number of nitrogens with zero attached hydrogens (tertiary/aromatic N) is 1. The van der Waals surface area contributed by atoms with Gasteiger partial charge in [0.15, 0.2) is 0 Å². The molecular formula is C58H43N. The Hall–Kier alpha value is -7.22. The molecule has 2 aliphatic rings. The molecule has 0 spiro atoms. The topological polar surface area (TPSA) is 3.24 Å². The zero-order valence-electron chi connectivity index (χ0n) is 33.3. The Morgan fingerprint density at radius 2 is 0.746 bits per heavy atom. The normalized spacial score (nSPS) is 13.9. The van der Waals surface area contributed by atoms with Crippen LogP contribution >= 0.6 is 0 Å². The van der Waals surface area contributed by atoms with E-state index in [9.17, 15) is 0 Å². The molecule has 0 heterocycles. The van der Waals surface area contributed by atoms with Gasteiger partial charge in [0.05, 0.1) is 5.41 Å². The first-order valence-corrected chi connectivity index (χ1v) is 20.7. The monoisotopic (exact) mass is 753 g/mol. The lowest BCUT2D eigenvalue weighted by Crippen LogP contribution is -2.28. The third-order valence-corrected chi connectivity index (χ3v) is 13.0. The van der Waals surface area contributed by atoms with Crippen molar-refractivity contribution in [3.63, 3.8) is 0 Å². The molecule has 0 aromatic heterocycles. The SMILES string of the molecule is CC1(C)c2ccccc2-c2ccc(-c3ccc(N(c4cccc(-c5ccccc5)c4)c4ccc5c(c4)C(c4ccccc4)(c4ccccc4)c4ccccc4-5)cc3)cc21. The van der Waals surface area contributed by atoms with Crippen molar-refractivity contribution in [2.24, 2.45) is 0 Å². The van der Waals surface area contributed by atoms with E-state index in [0.29, 0.717) is 0 Å². The number of hydrogen-bond acceptors (Lipinski definition) is 1. The van der Waals surface area contributed by atoms with Crippen LogP contribution in [0.5, 0.6) is 0 Å². The average Bonchev–Trinajstić information content (AvgIpc) is 3.73. The largest absolute Gasteiger partial charge is 0.310 e. The molecule has 0 bridgehead atoms. The van der Waals surface area contributed by atoms with Crippen LogP contribution in [0.4, 0.5) is 17.1 Å². The maximum Gasteiger partial charge on any atom is 0.0714 e. The Labute approximate surface area is 347 Å². The second-order valence-electron chi connectivity index (χ2n) is 16.5. The van der Waals surface area contributed by atoms with E-state index >= 15 is 0 Å². The molecule has 0 fully saturated rings. The van der Waals surface area contributed by atoms with Crippen molar-refractivity contribution in [3.05, 3.63) is 258 Å². The smallest absolute Gasteiger partial charge is 0.0714 e. The summed E-state index contributed by atoms with van der Waals surface area (Å²) in [6, 6.07) is 82.9. The van der Waals surface area contributed by atoms with Gasteiger partial charge in [-0.3, -0.25) is 0 Å². The van der Waals surface area contributed by atoms with Crippen LogP contribution < -0.4 is 4.90 Å². The minimum Gasteiger partial charge on any atom is -0.310 e. The lowest BCUT2D eigenvalue weighted by atomic mass is 9.67. The maximum atomic E-state index is 2.46. The van der Waals surface area contributed by atoms with Gasteiger partial charge in [0, 0.05) is 22.5 Å². The highest BCUT2D eigenvalue weighted by Crippen LogP contribution is 2.57. The average molecular weight is 754 g/mol. The van der Waals surface area contributed by atoms with Gasteiger partial charge >= 0.3 is 0 Å². The Kier molecular flexibility index (Phi) is 8.13. The number of fused-ring (bicyclic) bond motifs is 6. The van der Waals surface area contributed by atoms with Crippen LogP contribution in [0.1, 0.15) is 47.2 Å². The zero-order valence-corrected chi connectivity index (χ0v) is 33.3. The summed E-state index contributed by atoms with van der Waals surface area (Å²) >= 11 is 0. The Bertz CT molecular complexity index is 2960. The second kappa shape index (κ2) is 13.7. The van der Waals surface area contributed by atoms with Crippen molar-refractivity contribution in [3.8, 4) is 44.5 Å². The van der Waals surface area contributed by atoms with Crippen LogP contribution in [0, 0.1) is 0 Å². The molecule has 0 saturated carbocycles. The summed E-state index contributed by atoms with van der Waals surface area (Å²) in [5, 5.41) is 0. The standard InChI is InChI=1S/C58H43N/c1-57(2)53-27-14-12-25-49(53)51-35-31-43(38-55(51)57)41-29-32-46(33-30-41)59(47-24-16-19-42(37-47)40-17-6-3-7-18-40)48-34-36-52-50-26-13-15-28-54(50)58(56(52)39-48,44-20-8-4-9-21-44)45-22-10-5-11-23-45/h3-39H,1-2H3. The number of anilines is 3. The van der Waals surface area contributed by atoms with Gasteiger partial charge < -0.3 is 4.90 Å². The fraction of sp³-hybridized carbons (Fsp3) is 0.0690. The predicted molar refractivity (Wildman–Crippen MR) is 247 cm³/mol. The lowest BCUT2D eigenvalue weighted by Gasteiger charge is -2.35. The van der Waals surface area contributed by atoms with Crippen LogP contribution in [0.25, 0.3) is 44.5 Å². The predicted octanol–water partition coefficient (Wildman–Crippen LogP) is 15.2. The van der Waals surface area contributed by atoms with E-state index in [0.717, 1.165) is 17.1 Å². The van der Waals surface area contributed by atoms with E-state index in [4.69, 9.17) is 0 Å². The van der Waals surface area contributed by atoms with Gasteiger partial charge in [-0.05, 0) is 120 Å². The summed E-state index contributed by atoms with van der Waals surface area (Å²) in [5.41, 5.74) is 20.8. The number of hydrogen-bond donors (Lipinski definition) is 0. The quantitative estimate of drug-likeness (QED) is 0.157. The summed E-state index contributed by atoms with van der Waals surface area (Å²) in [7, 11) is 0. The highest BCUT2D eigenvalue weighted by Gasteiger charge is 2.46. The highest BCUT2D eigenvalue weighted by molar-refractivity contribution is 5.90. The van der Waals surface area contributed by atoms with Crippen molar-refractivity contribution in [1.29, 1.82) is 0 Å². The van der Waals surface area contributed by atoms with Crippen LogP contribution in [-0.2, 0) is 10.8 Å². The first-order chi connectivity index (χ1) is 29.0. The van der Waals surface area contributed by atoms with E-state index in [1.165, 1.54) is 77.9 Å². The van der Waals surface area contributed by atoms with Crippen LogP contribution in [-0.4, -0.2) is 0 Å². The van der Waals surface area contributed by atoms with E-state index in [1.54, 1.807) is 0 Å². The molecule has 0 N–H and O–H groups in total. The third-order valence-electron chi connectivity index (χ3n) is 13.0.